The van der Waals surface area contributed by atoms with Crippen LogP contribution in [0.1, 0.15) is 45.0 Å². The highest BCUT2D eigenvalue weighted by molar-refractivity contribution is 7.16. The molecular weight excluding hydrogens is 382 g/mol. The molecule has 0 saturated carbocycles. The smallest absolute Gasteiger partial charge is 0.342 e. The Balaban J connectivity index is 2.05. The molecule has 0 radical (unpaired) electrons. The lowest BCUT2D eigenvalue weighted by Gasteiger charge is -2.10. The van der Waals surface area contributed by atoms with Gasteiger partial charge in [0, 0.05) is 4.88 Å². The molecule has 8 heteroatoms. The maximum Gasteiger partial charge on any atom is 0.342 e. The average Bonchev–Trinajstić information content (AvgIpc) is 2.94. The van der Waals surface area contributed by atoms with Gasteiger partial charge in [-0.2, -0.15) is 0 Å². The molecule has 28 heavy (non-hydrogen) atoms. The number of nitrogens with one attached hydrogen (secondary N) is 1. The fraction of sp³-hybridized carbons (Fsp3) is 0.350. The van der Waals surface area contributed by atoms with Gasteiger partial charge in [0.05, 0.1) is 18.8 Å². The van der Waals surface area contributed by atoms with Crippen LogP contribution in [0.4, 0.5) is 5.00 Å². The molecule has 1 aromatic heterocycles. The SMILES string of the molecule is CCOC(=O)c1c(NC(=O)COC(=O)c2ccccc2OCC)sc(C)c1C. The molecule has 1 N–H and O–H groups in total. The largest absolute Gasteiger partial charge is 0.493 e. The molecule has 0 aliphatic heterocycles. The van der Waals surface area contributed by atoms with Crippen molar-refractivity contribution < 1.29 is 28.6 Å². The number of rotatable bonds is 8. The Bertz CT molecular complexity index is 874. The summed E-state index contributed by atoms with van der Waals surface area (Å²) in [6.45, 7) is 7.31. The van der Waals surface area contributed by atoms with Gasteiger partial charge < -0.3 is 19.5 Å². The minimum absolute atomic E-state index is 0.234. The predicted molar refractivity (Wildman–Crippen MR) is 106 cm³/mol. The number of anilines is 1. The number of benzene rings is 1. The maximum absolute atomic E-state index is 12.3. The fourth-order valence-corrected chi connectivity index (χ4v) is 3.52. The third-order valence-electron chi connectivity index (χ3n) is 3.86. The second-order valence-electron chi connectivity index (χ2n) is 5.76. The molecule has 0 fully saturated rings. The van der Waals surface area contributed by atoms with E-state index in [9.17, 15) is 14.4 Å². The molecule has 1 heterocycles. The first kappa shape index (κ1) is 21.4. The summed E-state index contributed by atoms with van der Waals surface area (Å²) in [5.41, 5.74) is 1.32. The van der Waals surface area contributed by atoms with E-state index in [4.69, 9.17) is 14.2 Å². The van der Waals surface area contributed by atoms with E-state index in [1.54, 1.807) is 38.1 Å². The molecule has 0 unspecified atom stereocenters. The third-order valence-corrected chi connectivity index (χ3v) is 4.98. The summed E-state index contributed by atoms with van der Waals surface area (Å²) in [5.74, 6) is -1.32. The zero-order valence-electron chi connectivity index (χ0n) is 16.3. The second kappa shape index (κ2) is 9.89. The Kier molecular flexibility index (Phi) is 7.57. The number of esters is 2. The van der Waals surface area contributed by atoms with Gasteiger partial charge in [0.15, 0.2) is 6.61 Å². The van der Waals surface area contributed by atoms with Crippen molar-refractivity contribution in [1.29, 1.82) is 0 Å². The maximum atomic E-state index is 12.3. The van der Waals surface area contributed by atoms with E-state index >= 15 is 0 Å². The van der Waals surface area contributed by atoms with E-state index in [0.717, 1.165) is 10.4 Å². The van der Waals surface area contributed by atoms with E-state index in [2.05, 4.69) is 5.32 Å². The summed E-state index contributed by atoms with van der Waals surface area (Å²) in [6, 6.07) is 6.65. The number of carbonyl (C=O) groups excluding carboxylic acids is 3. The highest BCUT2D eigenvalue weighted by Gasteiger charge is 2.22. The van der Waals surface area contributed by atoms with E-state index in [-0.39, 0.29) is 12.2 Å². The lowest BCUT2D eigenvalue weighted by atomic mass is 10.1. The average molecular weight is 405 g/mol. The predicted octanol–water partition coefficient (Wildman–Crippen LogP) is 3.74. The lowest BCUT2D eigenvalue weighted by Crippen LogP contribution is -2.22. The van der Waals surface area contributed by atoms with Crippen molar-refractivity contribution in [3.05, 3.63) is 45.8 Å². The molecule has 1 aromatic carbocycles. The number of hydrogen-bond donors (Lipinski definition) is 1. The molecule has 0 bridgehead atoms. The van der Waals surface area contributed by atoms with Crippen molar-refractivity contribution in [2.75, 3.05) is 25.1 Å². The van der Waals surface area contributed by atoms with Crippen LogP contribution in [-0.4, -0.2) is 37.7 Å². The summed E-state index contributed by atoms with van der Waals surface area (Å²) in [7, 11) is 0. The molecule has 0 saturated heterocycles. The topological polar surface area (TPSA) is 90.9 Å². The first-order valence-corrected chi connectivity index (χ1v) is 9.66. The van der Waals surface area contributed by atoms with Gasteiger partial charge in [-0.25, -0.2) is 9.59 Å². The van der Waals surface area contributed by atoms with Crippen LogP contribution in [0.2, 0.25) is 0 Å². The van der Waals surface area contributed by atoms with Crippen molar-refractivity contribution in [2.24, 2.45) is 0 Å². The van der Waals surface area contributed by atoms with Gasteiger partial charge in [0.25, 0.3) is 5.91 Å². The highest BCUT2D eigenvalue weighted by atomic mass is 32.1. The molecular formula is C20H23NO6S. The fourth-order valence-electron chi connectivity index (χ4n) is 2.45. The van der Waals surface area contributed by atoms with Gasteiger partial charge in [0.1, 0.15) is 16.3 Å². The van der Waals surface area contributed by atoms with Gasteiger partial charge in [-0.05, 0) is 45.4 Å². The van der Waals surface area contributed by atoms with Gasteiger partial charge in [-0.3, -0.25) is 4.79 Å². The van der Waals surface area contributed by atoms with Crippen LogP contribution in [0.25, 0.3) is 0 Å². The van der Waals surface area contributed by atoms with Crippen LogP contribution < -0.4 is 10.1 Å². The minimum Gasteiger partial charge on any atom is -0.493 e. The Hall–Kier alpha value is -2.87. The Morgan fingerprint density at radius 1 is 1.00 bits per heavy atom. The molecule has 1 amide bonds. The van der Waals surface area contributed by atoms with Crippen molar-refractivity contribution in [3.63, 3.8) is 0 Å². The summed E-state index contributed by atoms with van der Waals surface area (Å²) >= 11 is 1.27. The van der Waals surface area contributed by atoms with Crippen LogP contribution in [0.15, 0.2) is 24.3 Å². The Labute approximate surface area is 167 Å². The normalized spacial score (nSPS) is 10.3. The summed E-state index contributed by atoms with van der Waals surface area (Å²) in [4.78, 5) is 37.6. The number of aryl methyl sites for hydroxylation is 1. The molecule has 2 rings (SSSR count). The van der Waals surface area contributed by atoms with Crippen molar-refractivity contribution in [3.8, 4) is 5.75 Å². The minimum atomic E-state index is -0.664. The van der Waals surface area contributed by atoms with Crippen molar-refractivity contribution in [1.82, 2.24) is 0 Å². The number of amides is 1. The third kappa shape index (κ3) is 5.10. The Morgan fingerprint density at radius 2 is 1.71 bits per heavy atom. The second-order valence-corrected chi connectivity index (χ2v) is 6.99. The monoisotopic (exact) mass is 405 g/mol. The zero-order valence-corrected chi connectivity index (χ0v) is 17.1. The van der Waals surface area contributed by atoms with Gasteiger partial charge in [-0.1, -0.05) is 12.1 Å². The molecule has 2 aromatic rings. The molecule has 0 spiro atoms. The van der Waals surface area contributed by atoms with Crippen molar-refractivity contribution >= 4 is 34.2 Å². The van der Waals surface area contributed by atoms with Crippen LogP contribution in [0.3, 0.4) is 0 Å². The summed E-state index contributed by atoms with van der Waals surface area (Å²) in [5, 5.41) is 3.01. The zero-order chi connectivity index (χ0) is 20.7. The first-order chi connectivity index (χ1) is 13.4. The molecule has 150 valence electrons. The number of hydrogen-bond acceptors (Lipinski definition) is 7. The van der Waals surface area contributed by atoms with E-state index < -0.39 is 24.5 Å². The lowest BCUT2D eigenvalue weighted by molar-refractivity contribution is -0.119. The number of para-hydroxylation sites is 1. The molecule has 0 aliphatic rings. The summed E-state index contributed by atoms with van der Waals surface area (Å²) in [6.07, 6.45) is 0. The van der Waals surface area contributed by atoms with Gasteiger partial charge in [0.2, 0.25) is 0 Å². The summed E-state index contributed by atoms with van der Waals surface area (Å²) < 4.78 is 15.5. The Morgan fingerprint density at radius 3 is 2.39 bits per heavy atom. The first-order valence-electron chi connectivity index (χ1n) is 8.84. The van der Waals surface area contributed by atoms with E-state index in [0.29, 0.717) is 22.9 Å². The van der Waals surface area contributed by atoms with Crippen LogP contribution in [0.5, 0.6) is 5.75 Å². The number of ether oxygens (including phenoxy) is 3. The molecule has 7 nitrogen and oxygen atoms in total. The van der Waals surface area contributed by atoms with Crippen molar-refractivity contribution in [2.45, 2.75) is 27.7 Å². The molecule has 0 atom stereocenters. The van der Waals surface area contributed by atoms with Gasteiger partial charge in [-0.15, -0.1) is 11.3 Å². The van der Waals surface area contributed by atoms with Crippen LogP contribution in [0, 0.1) is 13.8 Å². The van der Waals surface area contributed by atoms with Gasteiger partial charge >= 0.3 is 11.9 Å². The van der Waals surface area contributed by atoms with E-state index in [1.165, 1.54) is 11.3 Å². The quantitative estimate of drug-likeness (QED) is 0.673. The highest BCUT2D eigenvalue weighted by Crippen LogP contribution is 2.33. The molecule has 0 aliphatic carbocycles. The number of thiophene rings is 1. The standard InChI is InChI=1S/C20H23NO6S/c1-5-25-15-10-8-7-9-14(15)19(23)27-11-16(22)21-18-17(20(24)26-6-2)12(3)13(4)28-18/h7-10H,5-6,11H2,1-4H3,(H,21,22). The van der Waals surface area contributed by atoms with E-state index in [1.807, 2.05) is 13.8 Å². The van der Waals surface area contributed by atoms with Crippen LogP contribution in [-0.2, 0) is 14.3 Å². The number of carbonyl (C=O) groups is 3. The van der Waals surface area contributed by atoms with Crippen LogP contribution >= 0.6 is 11.3 Å².